The molecule has 0 atom stereocenters. The highest BCUT2D eigenvalue weighted by molar-refractivity contribution is 5.16. The molecule has 17 heavy (non-hydrogen) atoms. The maximum absolute atomic E-state index is 9.00. The lowest BCUT2D eigenvalue weighted by atomic mass is 10.3. The van der Waals surface area contributed by atoms with Gasteiger partial charge in [0.1, 0.15) is 6.61 Å². The van der Waals surface area contributed by atoms with Crippen LogP contribution in [0.15, 0.2) is 6.20 Å². The molecule has 1 aliphatic rings. The lowest BCUT2D eigenvalue weighted by Crippen LogP contribution is -2.26. The fraction of sp³-hybridized carbons (Fsp3) is 0.667. The summed E-state index contributed by atoms with van der Waals surface area (Å²) < 4.78 is 5.49. The first-order chi connectivity index (χ1) is 8.20. The van der Waals surface area contributed by atoms with Crippen LogP contribution in [0.4, 0.5) is 0 Å². The van der Waals surface area contributed by atoms with E-state index in [1.54, 1.807) is 6.20 Å². The molecule has 1 fully saturated rings. The number of likely N-dealkylation sites (N-methyl/N-ethyl adjacent to an activating group) is 1. The molecule has 0 saturated heterocycles. The molecular weight excluding hydrogens is 218 g/mol. The Morgan fingerprint density at radius 1 is 1.53 bits per heavy atom. The van der Waals surface area contributed by atoms with E-state index in [1.165, 1.54) is 12.8 Å². The maximum Gasteiger partial charge on any atom is 0.316 e. The Hall–Kier alpha value is -1.20. The number of hydrogen-bond donors (Lipinski definition) is 1. The van der Waals surface area contributed by atoms with Crippen molar-refractivity contribution in [3.63, 3.8) is 0 Å². The van der Waals surface area contributed by atoms with E-state index in [0.717, 1.165) is 23.8 Å². The van der Waals surface area contributed by atoms with Crippen molar-refractivity contribution in [2.45, 2.75) is 32.4 Å². The number of aromatic nitrogens is 2. The molecule has 1 N–H and O–H groups in total. The van der Waals surface area contributed by atoms with Crippen LogP contribution >= 0.6 is 0 Å². The van der Waals surface area contributed by atoms with Gasteiger partial charge in [-0.25, -0.2) is 9.97 Å². The third-order valence-electron chi connectivity index (χ3n) is 3.07. The summed E-state index contributed by atoms with van der Waals surface area (Å²) in [6.45, 7) is 3.31. The summed E-state index contributed by atoms with van der Waals surface area (Å²) in [6.07, 6.45) is 4.22. The minimum absolute atomic E-state index is 0.0312. The number of hydrogen-bond acceptors (Lipinski definition) is 5. The molecule has 5 nitrogen and oxygen atoms in total. The first-order valence-electron chi connectivity index (χ1n) is 5.97. The number of rotatable bonds is 6. The number of nitrogens with zero attached hydrogens (tertiary/aromatic N) is 3. The SMILES string of the molecule is Cc1nc(OCCN(C)C2CC2)ncc1CO. The van der Waals surface area contributed by atoms with Crippen LogP contribution in [0.1, 0.15) is 24.1 Å². The van der Waals surface area contributed by atoms with Crippen LogP contribution in [-0.2, 0) is 6.61 Å². The fourth-order valence-corrected chi connectivity index (χ4v) is 1.67. The van der Waals surface area contributed by atoms with Gasteiger partial charge in [-0.3, -0.25) is 0 Å². The Kier molecular flexibility index (Phi) is 3.91. The first kappa shape index (κ1) is 12.3. The van der Waals surface area contributed by atoms with Crippen LogP contribution in [0.2, 0.25) is 0 Å². The summed E-state index contributed by atoms with van der Waals surface area (Å²) in [5.41, 5.74) is 1.51. The summed E-state index contributed by atoms with van der Waals surface area (Å²) in [5.74, 6) is 0. The molecule has 5 heteroatoms. The monoisotopic (exact) mass is 237 g/mol. The Labute approximate surface area is 101 Å². The third-order valence-corrected chi connectivity index (χ3v) is 3.07. The number of ether oxygens (including phenoxy) is 1. The quantitative estimate of drug-likeness (QED) is 0.791. The van der Waals surface area contributed by atoms with E-state index in [9.17, 15) is 0 Å². The summed E-state index contributed by atoms with van der Waals surface area (Å²) >= 11 is 0. The summed E-state index contributed by atoms with van der Waals surface area (Å²) in [5, 5.41) is 9.00. The van der Waals surface area contributed by atoms with Gasteiger partial charge in [-0.15, -0.1) is 0 Å². The molecule has 0 aliphatic heterocycles. The van der Waals surface area contributed by atoms with Gasteiger partial charge in [-0.05, 0) is 26.8 Å². The van der Waals surface area contributed by atoms with E-state index in [-0.39, 0.29) is 6.61 Å². The summed E-state index contributed by atoms with van der Waals surface area (Å²) in [7, 11) is 2.11. The maximum atomic E-state index is 9.00. The van der Waals surface area contributed by atoms with E-state index in [4.69, 9.17) is 9.84 Å². The van der Waals surface area contributed by atoms with E-state index in [0.29, 0.717) is 12.6 Å². The van der Waals surface area contributed by atoms with Crippen LogP contribution in [-0.4, -0.2) is 46.2 Å². The second kappa shape index (κ2) is 5.42. The average molecular weight is 237 g/mol. The molecule has 1 heterocycles. The van der Waals surface area contributed by atoms with Crippen molar-refractivity contribution >= 4 is 0 Å². The highest BCUT2D eigenvalue weighted by atomic mass is 16.5. The highest BCUT2D eigenvalue weighted by Crippen LogP contribution is 2.24. The lowest BCUT2D eigenvalue weighted by Gasteiger charge is -2.15. The fourth-order valence-electron chi connectivity index (χ4n) is 1.67. The Morgan fingerprint density at radius 3 is 2.88 bits per heavy atom. The molecule has 1 aliphatic carbocycles. The van der Waals surface area contributed by atoms with E-state index >= 15 is 0 Å². The third kappa shape index (κ3) is 3.38. The van der Waals surface area contributed by atoms with Crippen LogP contribution in [0.25, 0.3) is 0 Å². The molecule has 0 unspecified atom stereocenters. The number of aliphatic hydroxyl groups is 1. The summed E-state index contributed by atoms with van der Waals surface area (Å²) in [4.78, 5) is 10.5. The van der Waals surface area contributed by atoms with Gasteiger partial charge in [0.25, 0.3) is 0 Å². The normalized spacial score (nSPS) is 15.3. The van der Waals surface area contributed by atoms with Gasteiger partial charge in [0, 0.05) is 24.3 Å². The highest BCUT2D eigenvalue weighted by Gasteiger charge is 2.25. The predicted molar refractivity (Wildman–Crippen MR) is 63.8 cm³/mol. The van der Waals surface area contributed by atoms with Crippen molar-refractivity contribution in [3.8, 4) is 6.01 Å². The van der Waals surface area contributed by atoms with Crippen LogP contribution in [0.3, 0.4) is 0 Å². The molecule has 0 aromatic carbocycles. The topological polar surface area (TPSA) is 58.5 Å². The average Bonchev–Trinajstić information content (AvgIpc) is 3.13. The minimum Gasteiger partial charge on any atom is -0.462 e. The Morgan fingerprint density at radius 2 is 2.29 bits per heavy atom. The van der Waals surface area contributed by atoms with Crippen molar-refractivity contribution in [2.24, 2.45) is 0 Å². The van der Waals surface area contributed by atoms with Crippen molar-refractivity contribution in [1.29, 1.82) is 0 Å². The zero-order chi connectivity index (χ0) is 12.3. The van der Waals surface area contributed by atoms with E-state index in [2.05, 4.69) is 21.9 Å². The lowest BCUT2D eigenvalue weighted by molar-refractivity contribution is 0.219. The molecule has 94 valence electrons. The van der Waals surface area contributed by atoms with Gasteiger partial charge in [0.15, 0.2) is 0 Å². The van der Waals surface area contributed by atoms with E-state index in [1.807, 2.05) is 6.92 Å². The molecule has 0 spiro atoms. The van der Waals surface area contributed by atoms with Crippen LogP contribution in [0.5, 0.6) is 6.01 Å². The van der Waals surface area contributed by atoms with Gasteiger partial charge >= 0.3 is 6.01 Å². The van der Waals surface area contributed by atoms with Gasteiger partial charge < -0.3 is 14.7 Å². The van der Waals surface area contributed by atoms with Crippen molar-refractivity contribution in [1.82, 2.24) is 14.9 Å². The van der Waals surface area contributed by atoms with Crippen molar-refractivity contribution < 1.29 is 9.84 Å². The molecule has 0 radical (unpaired) electrons. The second-order valence-corrected chi connectivity index (χ2v) is 4.48. The first-order valence-corrected chi connectivity index (χ1v) is 5.97. The molecule has 0 amide bonds. The van der Waals surface area contributed by atoms with E-state index < -0.39 is 0 Å². The smallest absolute Gasteiger partial charge is 0.316 e. The van der Waals surface area contributed by atoms with Crippen molar-refractivity contribution in [2.75, 3.05) is 20.2 Å². The van der Waals surface area contributed by atoms with Crippen LogP contribution in [0, 0.1) is 6.92 Å². The second-order valence-electron chi connectivity index (χ2n) is 4.48. The molecule has 0 bridgehead atoms. The Bertz CT molecular complexity index is 380. The van der Waals surface area contributed by atoms with Crippen molar-refractivity contribution in [3.05, 3.63) is 17.5 Å². The molecule has 1 aromatic heterocycles. The van der Waals surface area contributed by atoms with Gasteiger partial charge in [-0.2, -0.15) is 0 Å². The number of aliphatic hydroxyl groups excluding tert-OH is 1. The summed E-state index contributed by atoms with van der Waals surface area (Å²) in [6, 6.07) is 1.14. The molecular formula is C12H19N3O2. The Balaban J connectivity index is 1.80. The van der Waals surface area contributed by atoms with Gasteiger partial charge in [0.05, 0.1) is 12.3 Å². The van der Waals surface area contributed by atoms with Gasteiger partial charge in [0.2, 0.25) is 0 Å². The van der Waals surface area contributed by atoms with Gasteiger partial charge in [-0.1, -0.05) is 0 Å². The molecule has 1 saturated carbocycles. The largest absolute Gasteiger partial charge is 0.462 e. The molecule has 2 rings (SSSR count). The number of aryl methyl sites for hydroxylation is 1. The minimum atomic E-state index is -0.0312. The molecule has 1 aromatic rings. The predicted octanol–water partition coefficient (Wildman–Crippen LogP) is 0.750. The zero-order valence-corrected chi connectivity index (χ0v) is 10.4. The standard InChI is InChI=1S/C12H19N3O2/c1-9-10(8-16)7-13-12(14-9)17-6-5-15(2)11-3-4-11/h7,11,16H,3-6,8H2,1-2H3. The van der Waals surface area contributed by atoms with Crippen LogP contribution < -0.4 is 4.74 Å². The zero-order valence-electron chi connectivity index (χ0n) is 10.4.